The van der Waals surface area contributed by atoms with Crippen molar-refractivity contribution in [1.82, 2.24) is 4.57 Å². The second kappa shape index (κ2) is 7.98. The number of amides is 2. The molecule has 2 heterocycles. The van der Waals surface area contributed by atoms with Crippen LogP contribution in [0.1, 0.15) is 22.8 Å². The third-order valence-corrected chi connectivity index (χ3v) is 6.44. The molecule has 5 aromatic rings. The van der Waals surface area contributed by atoms with E-state index in [0.29, 0.717) is 12.1 Å². The Labute approximate surface area is 189 Å². The van der Waals surface area contributed by atoms with E-state index in [1.165, 1.54) is 6.92 Å². The number of benzene rings is 3. The number of anilines is 1. The van der Waals surface area contributed by atoms with E-state index >= 15 is 0 Å². The lowest BCUT2D eigenvalue weighted by molar-refractivity contribution is -0.114. The van der Waals surface area contributed by atoms with Gasteiger partial charge in [-0.2, -0.15) is 0 Å². The van der Waals surface area contributed by atoms with Crippen LogP contribution >= 0.6 is 11.3 Å². The lowest BCUT2D eigenvalue weighted by Gasteiger charge is -2.13. The molecule has 157 valence electrons. The number of aromatic nitrogens is 1. The maximum absolute atomic E-state index is 12.2. The quantitative estimate of drug-likeness (QED) is 0.384. The number of hydrogen-bond acceptors (Lipinski definition) is 3. The Morgan fingerprint density at radius 3 is 2.66 bits per heavy atom. The Hall–Kier alpha value is -3.90. The second-order valence-corrected chi connectivity index (χ2v) is 8.56. The molecule has 5 nitrogen and oxygen atoms in total. The highest BCUT2D eigenvalue weighted by atomic mass is 32.1. The van der Waals surface area contributed by atoms with Crippen molar-refractivity contribution in [2.45, 2.75) is 13.5 Å². The number of primary amides is 1. The van der Waals surface area contributed by atoms with Crippen molar-refractivity contribution in [1.29, 1.82) is 0 Å². The number of para-hydroxylation sites is 1. The third kappa shape index (κ3) is 3.44. The van der Waals surface area contributed by atoms with E-state index in [0.717, 1.165) is 43.5 Å². The van der Waals surface area contributed by atoms with E-state index < -0.39 is 5.91 Å². The van der Waals surface area contributed by atoms with Gasteiger partial charge in [0, 0.05) is 33.8 Å². The summed E-state index contributed by atoms with van der Waals surface area (Å²) in [6.45, 7) is 2.01. The number of hydrogen-bond donors (Lipinski definition) is 2. The molecule has 0 saturated heterocycles. The number of carbonyl (C=O) groups excluding carboxylic acids is 2. The molecule has 0 fully saturated rings. The van der Waals surface area contributed by atoms with E-state index in [4.69, 9.17) is 5.73 Å². The summed E-state index contributed by atoms with van der Waals surface area (Å²) < 4.78 is 2.16. The zero-order chi connectivity index (χ0) is 22.2. The predicted molar refractivity (Wildman–Crippen MR) is 130 cm³/mol. The maximum Gasteiger partial charge on any atom is 0.249 e. The zero-order valence-corrected chi connectivity index (χ0v) is 18.2. The molecule has 0 aliphatic heterocycles. The number of fused-ring (bicyclic) bond motifs is 3. The van der Waals surface area contributed by atoms with E-state index in [9.17, 15) is 9.59 Å². The minimum Gasteiger partial charge on any atom is -0.366 e. The standard InChI is InChI=1S/C26H20N3O2S/c1-16(30)28-21-8-3-2-6-18(21)15-29-22-9-4-7-20(26(27)31)25(22)19-12-11-17(14-23(19)29)24-10-5-13-32-24/h2-11,13-14H,15H2,1H3,(H2,27,31)(H,28,30). The summed E-state index contributed by atoms with van der Waals surface area (Å²) in [6.07, 6.45) is 0. The number of nitrogens with two attached hydrogens (primary N) is 1. The smallest absolute Gasteiger partial charge is 0.249 e. The van der Waals surface area contributed by atoms with Crippen LogP contribution in [0.2, 0.25) is 0 Å². The summed E-state index contributed by atoms with van der Waals surface area (Å²) >= 11 is 1.67. The molecule has 0 aliphatic carbocycles. The van der Waals surface area contributed by atoms with Crippen molar-refractivity contribution in [3.63, 3.8) is 0 Å². The number of carbonyl (C=O) groups is 2. The van der Waals surface area contributed by atoms with Crippen molar-refractivity contribution in [3.8, 4) is 10.4 Å². The van der Waals surface area contributed by atoms with Crippen LogP contribution in [-0.4, -0.2) is 16.4 Å². The first-order chi connectivity index (χ1) is 15.5. The predicted octanol–water partition coefficient (Wildman–Crippen LogP) is 5.43. The van der Waals surface area contributed by atoms with E-state index in [1.54, 1.807) is 17.4 Å². The highest BCUT2D eigenvalue weighted by molar-refractivity contribution is 7.13. The Morgan fingerprint density at radius 2 is 1.91 bits per heavy atom. The molecule has 0 saturated carbocycles. The molecule has 0 aliphatic rings. The Balaban J connectivity index is 1.78. The summed E-state index contributed by atoms with van der Waals surface area (Å²) in [5.41, 5.74) is 10.8. The lowest BCUT2D eigenvalue weighted by Crippen LogP contribution is -2.11. The molecular formula is C26H20N3O2S. The van der Waals surface area contributed by atoms with Gasteiger partial charge in [-0.05, 0) is 59.0 Å². The molecule has 5 rings (SSSR count). The summed E-state index contributed by atoms with van der Waals surface area (Å²) in [5, 5.41) is 6.61. The normalized spacial score (nSPS) is 11.2. The van der Waals surface area contributed by atoms with E-state index in [2.05, 4.69) is 28.1 Å². The first kappa shape index (κ1) is 20.0. The molecule has 0 spiro atoms. The molecule has 1 radical (unpaired) electrons. The van der Waals surface area contributed by atoms with Gasteiger partial charge in [-0.3, -0.25) is 9.59 Å². The van der Waals surface area contributed by atoms with Gasteiger partial charge in [0.2, 0.25) is 11.8 Å². The lowest BCUT2D eigenvalue weighted by atomic mass is 10.0. The van der Waals surface area contributed by atoms with Gasteiger partial charge < -0.3 is 15.6 Å². The van der Waals surface area contributed by atoms with Crippen LogP contribution in [0.3, 0.4) is 0 Å². The van der Waals surface area contributed by atoms with Gasteiger partial charge in [-0.25, -0.2) is 0 Å². The van der Waals surface area contributed by atoms with Crippen LogP contribution < -0.4 is 11.1 Å². The largest absolute Gasteiger partial charge is 0.366 e. The number of rotatable bonds is 5. The van der Waals surface area contributed by atoms with Crippen LogP contribution in [0.15, 0.2) is 72.1 Å². The Bertz CT molecular complexity index is 1480. The average Bonchev–Trinajstić information content (AvgIpc) is 3.41. The van der Waals surface area contributed by atoms with Crippen LogP contribution in [0.5, 0.6) is 0 Å². The van der Waals surface area contributed by atoms with E-state index in [-0.39, 0.29) is 5.91 Å². The fourth-order valence-electron chi connectivity index (χ4n) is 4.16. The number of nitrogens with zero attached hydrogens (tertiary/aromatic N) is 1. The van der Waals surface area contributed by atoms with Crippen LogP contribution in [0.25, 0.3) is 32.2 Å². The van der Waals surface area contributed by atoms with Crippen molar-refractivity contribution in [2.75, 3.05) is 5.32 Å². The van der Waals surface area contributed by atoms with Crippen LogP contribution in [0.4, 0.5) is 5.69 Å². The van der Waals surface area contributed by atoms with E-state index in [1.807, 2.05) is 53.9 Å². The van der Waals surface area contributed by atoms with Crippen molar-refractivity contribution < 1.29 is 9.59 Å². The van der Waals surface area contributed by atoms with Crippen LogP contribution in [0, 0.1) is 6.07 Å². The van der Waals surface area contributed by atoms with Crippen molar-refractivity contribution in [3.05, 3.63) is 89.3 Å². The summed E-state index contributed by atoms with van der Waals surface area (Å²) in [6, 6.07) is 24.9. The fraction of sp³-hybridized carbons (Fsp3) is 0.0769. The molecule has 0 bridgehead atoms. The van der Waals surface area contributed by atoms with Gasteiger partial charge in [0.25, 0.3) is 0 Å². The fourth-order valence-corrected chi connectivity index (χ4v) is 4.87. The maximum atomic E-state index is 12.2. The highest BCUT2D eigenvalue weighted by Crippen LogP contribution is 2.36. The molecule has 0 atom stereocenters. The molecular weight excluding hydrogens is 418 g/mol. The third-order valence-electron chi connectivity index (χ3n) is 5.52. The monoisotopic (exact) mass is 438 g/mol. The molecule has 2 aromatic heterocycles. The van der Waals surface area contributed by atoms with Gasteiger partial charge in [0.05, 0.1) is 17.6 Å². The molecule has 6 heteroatoms. The first-order valence-corrected chi connectivity index (χ1v) is 11.1. The van der Waals surface area contributed by atoms with Gasteiger partial charge in [0.15, 0.2) is 0 Å². The molecule has 3 N–H and O–H groups in total. The minimum atomic E-state index is -0.468. The van der Waals surface area contributed by atoms with Gasteiger partial charge in [-0.1, -0.05) is 30.3 Å². The Kier molecular flexibility index (Phi) is 4.99. The molecule has 32 heavy (non-hydrogen) atoms. The minimum absolute atomic E-state index is 0.121. The van der Waals surface area contributed by atoms with Gasteiger partial charge >= 0.3 is 0 Å². The number of nitrogens with one attached hydrogen (secondary N) is 1. The molecule has 2 amide bonds. The summed E-state index contributed by atoms with van der Waals surface area (Å²) in [4.78, 5) is 25.1. The molecule has 3 aromatic carbocycles. The van der Waals surface area contributed by atoms with Gasteiger partial charge in [0.1, 0.15) is 0 Å². The van der Waals surface area contributed by atoms with Crippen LogP contribution in [-0.2, 0) is 11.3 Å². The van der Waals surface area contributed by atoms with Crippen molar-refractivity contribution in [2.24, 2.45) is 5.73 Å². The zero-order valence-electron chi connectivity index (χ0n) is 17.4. The van der Waals surface area contributed by atoms with Gasteiger partial charge in [-0.15, -0.1) is 11.3 Å². The van der Waals surface area contributed by atoms with Crippen molar-refractivity contribution >= 4 is 50.6 Å². The summed E-state index contributed by atoms with van der Waals surface area (Å²) in [7, 11) is 0. The SMILES string of the molecule is CC(=O)Nc1ccccc1Cn1c2cc(-c3cccs3)c[c]c2c2c(C(N)=O)cccc21. The first-order valence-electron chi connectivity index (χ1n) is 10.2. The second-order valence-electron chi connectivity index (χ2n) is 7.61. The topological polar surface area (TPSA) is 77.1 Å². The number of thiophene rings is 1. The molecule has 0 unspecified atom stereocenters. The Morgan fingerprint density at radius 1 is 1.06 bits per heavy atom. The average molecular weight is 439 g/mol. The highest BCUT2D eigenvalue weighted by Gasteiger charge is 2.18. The summed E-state index contributed by atoms with van der Waals surface area (Å²) in [5.74, 6) is -0.590.